The average Bonchev–Trinajstić information content (AvgIpc) is 3.34. The molecular weight excluding hydrogens is 597 g/mol. The van der Waals surface area contributed by atoms with E-state index in [0.717, 1.165) is 37.5 Å². The molecule has 0 unspecified atom stereocenters. The first-order chi connectivity index (χ1) is 18.9. The van der Waals surface area contributed by atoms with Crippen LogP contribution in [0.2, 0.25) is 0 Å². The van der Waals surface area contributed by atoms with Crippen LogP contribution in [-0.2, 0) is 18.5 Å². The number of imide groups is 1. The van der Waals surface area contributed by atoms with Gasteiger partial charge in [0.25, 0.3) is 11.8 Å². The summed E-state index contributed by atoms with van der Waals surface area (Å²) in [5, 5.41) is 4.31. The van der Waals surface area contributed by atoms with E-state index in [1.807, 2.05) is 0 Å². The van der Waals surface area contributed by atoms with Crippen molar-refractivity contribution in [3.8, 4) is 0 Å². The van der Waals surface area contributed by atoms with Gasteiger partial charge in [0.15, 0.2) is 10.8 Å². The molecule has 0 spiro atoms. The van der Waals surface area contributed by atoms with Gasteiger partial charge in [-0.3, -0.25) is 19.8 Å². The summed E-state index contributed by atoms with van der Waals surface area (Å²) >= 11 is 0.0509. The second kappa shape index (κ2) is 11.6. The van der Waals surface area contributed by atoms with E-state index in [-0.39, 0.29) is 16.9 Å². The van der Waals surface area contributed by atoms with Crippen LogP contribution in [0, 0.1) is 0 Å². The number of anilines is 1. The number of carbonyl (C=O) groups excluding carboxylic acids is 3. The van der Waals surface area contributed by atoms with E-state index in [2.05, 4.69) is 10.1 Å². The molecule has 1 heterocycles. The average molecular weight is 611 g/mol. The number of nitrogens with zero attached hydrogens (tertiary/aromatic N) is 3. The Morgan fingerprint density at radius 1 is 0.854 bits per heavy atom. The van der Waals surface area contributed by atoms with E-state index < -0.39 is 68.8 Å². The van der Waals surface area contributed by atoms with Crippen molar-refractivity contribution in [1.29, 1.82) is 0 Å². The molecule has 2 aromatic carbocycles. The van der Waals surface area contributed by atoms with Gasteiger partial charge in [-0.2, -0.15) is 44.6 Å². The molecule has 0 fully saturated rings. The first-order valence-electron chi connectivity index (χ1n) is 10.7. The molecule has 0 saturated heterocycles. The Morgan fingerprint density at radius 2 is 1.44 bits per heavy atom. The van der Waals surface area contributed by atoms with Crippen LogP contribution in [0.4, 0.5) is 49.4 Å². The quantitative estimate of drug-likeness (QED) is 0.212. The van der Waals surface area contributed by atoms with E-state index in [9.17, 15) is 53.9 Å². The smallest absolute Gasteiger partial charge is 0.273 e. The highest BCUT2D eigenvalue weighted by Gasteiger charge is 2.41. The monoisotopic (exact) mass is 611 g/mol. The lowest BCUT2D eigenvalue weighted by Gasteiger charge is -2.14. The molecule has 0 radical (unpaired) electrons. The third-order valence-electron chi connectivity index (χ3n) is 4.95. The maximum atomic E-state index is 13.5. The summed E-state index contributed by atoms with van der Waals surface area (Å²) in [5.74, 6) is -2.78. The summed E-state index contributed by atoms with van der Waals surface area (Å²) in [5.41, 5.74) is -2.95. The Labute approximate surface area is 227 Å². The van der Waals surface area contributed by atoms with Gasteiger partial charge < -0.3 is 0 Å². The fraction of sp³-hybridized carbons (Fsp3) is 0.174. The molecule has 0 saturated carbocycles. The molecule has 0 bridgehead atoms. The van der Waals surface area contributed by atoms with Gasteiger partial charge in [0, 0.05) is 12.6 Å². The van der Waals surface area contributed by atoms with Gasteiger partial charge in [0.1, 0.15) is 4.88 Å². The molecule has 0 aliphatic heterocycles. The minimum atomic E-state index is -5.21. The lowest BCUT2D eigenvalue weighted by Crippen LogP contribution is -2.41. The van der Waals surface area contributed by atoms with Crippen LogP contribution in [0.1, 0.15) is 42.4 Å². The van der Waals surface area contributed by atoms with Crippen molar-refractivity contribution in [3.05, 3.63) is 81.4 Å². The van der Waals surface area contributed by atoms with E-state index in [4.69, 9.17) is 0 Å². The molecule has 0 aliphatic rings. The highest BCUT2D eigenvalue weighted by atomic mass is 32.1. The number of hydrazone groups is 1. The number of aromatic nitrogens is 1. The summed E-state index contributed by atoms with van der Waals surface area (Å²) in [4.78, 5) is 39.6. The van der Waals surface area contributed by atoms with Gasteiger partial charge >= 0.3 is 24.6 Å². The van der Waals surface area contributed by atoms with Crippen molar-refractivity contribution in [3.63, 3.8) is 0 Å². The number of hydrogen-bond donors (Lipinski definition) is 2. The molecule has 0 atom stereocenters. The van der Waals surface area contributed by atoms with E-state index in [1.54, 1.807) is 10.7 Å². The predicted octanol–water partition coefficient (Wildman–Crippen LogP) is 5.95. The number of nitrogens with one attached hydrogen (secondary N) is 2. The molecule has 1 aromatic heterocycles. The van der Waals surface area contributed by atoms with Crippen LogP contribution in [0.15, 0.2) is 53.6 Å². The fourth-order valence-electron chi connectivity index (χ4n) is 2.99. The van der Waals surface area contributed by atoms with E-state index in [0.29, 0.717) is 23.1 Å². The second-order valence-electron chi connectivity index (χ2n) is 7.89. The summed E-state index contributed by atoms with van der Waals surface area (Å²) in [6.07, 6.45) is -13.9. The zero-order valence-electron chi connectivity index (χ0n) is 20.1. The lowest BCUT2D eigenvalue weighted by atomic mass is 10.1. The number of alkyl halides is 9. The van der Waals surface area contributed by atoms with Crippen molar-refractivity contribution < 1.29 is 53.9 Å². The summed E-state index contributed by atoms with van der Waals surface area (Å²) in [7, 11) is 0.876. The van der Waals surface area contributed by atoms with Crippen LogP contribution in [-0.4, -0.2) is 36.1 Å². The van der Waals surface area contributed by atoms with Gasteiger partial charge in [-0.05, 0) is 35.9 Å². The first-order valence-corrected chi connectivity index (χ1v) is 11.5. The highest BCUT2D eigenvalue weighted by molar-refractivity contribution is 7.17. The maximum absolute atomic E-state index is 13.5. The van der Waals surface area contributed by atoms with Crippen LogP contribution in [0.3, 0.4) is 0 Å². The molecule has 0 aliphatic carbocycles. The van der Waals surface area contributed by atoms with Crippen molar-refractivity contribution >= 4 is 40.5 Å². The molecular formula is C23H14F9N5O3S. The van der Waals surface area contributed by atoms with Gasteiger partial charge in [-0.25, -0.2) is 15.2 Å². The van der Waals surface area contributed by atoms with Crippen molar-refractivity contribution in [2.24, 2.45) is 5.10 Å². The van der Waals surface area contributed by atoms with E-state index in [1.165, 1.54) is 6.07 Å². The number of carbonyl (C=O) groups is 3. The molecule has 218 valence electrons. The number of urea groups is 1. The van der Waals surface area contributed by atoms with Gasteiger partial charge in [0.05, 0.1) is 17.3 Å². The normalized spacial score (nSPS) is 12.3. The summed E-state index contributed by atoms with van der Waals surface area (Å²) in [6.45, 7) is 0. The second-order valence-corrected chi connectivity index (χ2v) is 8.87. The minimum Gasteiger partial charge on any atom is -0.273 e. The van der Waals surface area contributed by atoms with Crippen LogP contribution >= 0.6 is 11.3 Å². The minimum absolute atomic E-state index is 0.0509. The number of thiazole rings is 1. The zero-order chi connectivity index (χ0) is 30.8. The Bertz CT molecular complexity index is 1500. The SMILES string of the molecule is CN(C(=O)NC(=O)c1cccc(C(F)(F)F)c1)c1nc(C(F)(F)F)c(C(=O)N/N=C/c2cccc(C(F)(F)F)c2)s1. The Morgan fingerprint density at radius 3 is 2.02 bits per heavy atom. The molecule has 3 rings (SSSR count). The van der Waals surface area contributed by atoms with Gasteiger partial charge in [-0.15, -0.1) is 0 Å². The number of hydrogen-bond acceptors (Lipinski definition) is 6. The first kappa shape index (κ1) is 31.1. The highest BCUT2D eigenvalue weighted by Crippen LogP contribution is 2.37. The number of halogens is 9. The zero-order valence-corrected chi connectivity index (χ0v) is 20.9. The third kappa shape index (κ3) is 7.80. The van der Waals surface area contributed by atoms with Crippen LogP contribution in [0.25, 0.3) is 0 Å². The topological polar surface area (TPSA) is 104 Å². The Kier molecular flexibility index (Phi) is 8.75. The molecule has 41 heavy (non-hydrogen) atoms. The van der Waals surface area contributed by atoms with Gasteiger partial charge in [-0.1, -0.05) is 29.5 Å². The number of benzene rings is 2. The molecule has 8 nitrogen and oxygen atoms in total. The maximum Gasteiger partial charge on any atom is 0.435 e. The van der Waals surface area contributed by atoms with Gasteiger partial charge in [0.2, 0.25) is 0 Å². The number of rotatable bonds is 5. The standard InChI is InChI=1S/C23H14F9N5O3S/c1-37(19(40)35-17(38)12-5-3-7-14(9-12)22(27,28)29)20-34-16(23(30,31)32)15(41-20)18(39)36-33-10-11-4-2-6-13(8-11)21(24,25)26/h2-10H,1H3,(H,36,39)(H,35,38,40)/b33-10+. The van der Waals surface area contributed by atoms with Crippen molar-refractivity contribution in [2.75, 3.05) is 11.9 Å². The van der Waals surface area contributed by atoms with Crippen molar-refractivity contribution in [1.82, 2.24) is 15.7 Å². The fourth-order valence-corrected chi connectivity index (χ4v) is 3.92. The molecule has 2 N–H and O–H groups in total. The lowest BCUT2D eigenvalue weighted by molar-refractivity contribution is -0.141. The van der Waals surface area contributed by atoms with E-state index >= 15 is 0 Å². The third-order valence-corrected chi connectivity index (χ3v) is 6.08. The predicted molar refractivity (Wildman–Crippen MR) is 126 cm³/mol. The summed E-state index contributed by atoms with van der Waals surface area (Å²) in [6, 6.07) is 5.29. The molecule has 3 aromatic rings. The summed E-state index contributed by atoms with van der Waals surface area (Å²) < 4.78 is 118. The van der Waals surface area contributed by atoms with Crippen LogP contribution in [0.5, 0.6) is 0 Å². The Balaban J connectivity index is 1.78. The van der Waals surface area contributed by atoms with Crippen LogP contribution < -0.4 is 15.6 Å². The van der Waals surface area contributed by atoms with Crippen molar-refractivity contribution in [2.45, 2.75) is 18.5 Å². The number of amides is 4. The molecule has 4 amide bonds. The Hall–Kier alpha value is -4.48. The largest absolute Gasteiger partial charge is 0.435 e. The molecule has 18 heteroatoms.